The molecule has 1 aliphatic rings. The fourth-order valence-electron chi connectivity index (χ4n) is 2.73. The Bertz CT molecular complexity index is 625. The molecule has 0 radical (unpaired) electrons. The maximum absolute atomic E-state index is 9.56. The number of anilines is 1. The molecule has 1 aliphatic carbocycles. The Morgan fingerprint density at radius 1 is 1.05 bits per heavy atom. The van der Waals surface area contributed by atoms with Crippen molar-refractivity contribution < 1.29 is 5.11 Å². The van der Waals surface area contributed by atoms with Crippen LogP contribution in [0.25, 0.3) is 0 Å². The molecule has 21 heavy (non-hydrogen) atoms. The highest BCUT2D eigenvalue weighted by Crippen LogP contribution is 2.40. The Hall–Kier alpha value is -1.38. The highest BCUT2D eigenvalue weighted by Gasteiger charge is 2.30. The Kier molecular flexibility index (Phi) is 4.01. The molecule has 2 nitrogen and oxygen atoms in total. The van der Waals surface area contributed by atoms with Crippen LogP contribution in [0.5, 0.6) is 5.75 Å². The molecule has 2 aromatic rings. The molecule has 3 rings (SSSR count). The first-order valence-corrected chi connectivity index (χ1v) is 7.79. The van der Waals surface area contributed by atoms with Gasteiger partial charge in [0.05, 0.1) is 10.0 Å². The Morgan fingerprint density at radius 2 is 1.62 bits per heavy atom. The van der Waals surface area contributed by atoms with E-state index in [9.17, 15) is 5.11 Å². The summed E-state index contributed by atoms with van der Waals surface area (Å²) in [5, 5.41) is 13.5. The summed E-state index contributed by atoms with van der Waals surface area (Å²) in [7, 11) is 0. The second kappa shape index (κ2) is 5.78. The van der Waals surface area contributed by atoms with Crippen LogP contribution >= 0.6 is 23.2 Å². The van der Waals surface area contributed by atoms with Gasteiger partial charge in [-0.15, -0.1) is 0 Å². The monoisotopic (exact) mass is 321 g/mol. The molecule has 2 aromatic carbocycles. The van der Waals surface area contributed by atoms with E-state index in [4.69, 9.17) is 23.2 Å². The number of phenolic OH excluding ortho intramolecular Hbond substituents is 1. The van der Waals surface area contributed by atoms with Crippen LogP contribution in [0.2, 0.25) is 10.0 Å². The lowest BCUT2D eigenvalue weighted by Crippen LogP contribution is -2.33. The molecule has 1 fully saturated rings. The third-order valence-electron chi connectivity index (χ3n) is 4.07. The second-order valence-electron chi connectivity index (χ2n) is 5.71. The van der Waals surface area contributed by atoms with Crippen molar-refractivity contribution in [3.05, 3.63) is 57.6 Å². The van der Waals surface area contributed by atoms with E-state index in [2.05, 4.69) is 36.5 Å². The Labute approximate surface area is 134 Å². The lowest BCUT2D eigenvalue weighted by molar-refractivity contribution is 0.374. The second-order valence-corrected chi connectivity index (χ2v) is 6.52. The first kappa shape index (κ1) is 14.6. The first-order valence-electron chi connectivity index (χ1n) is 7.04. The van der Waals surface area contributed by atoms with Crippen molar-refractivity contribution in [2.75, 3.05) is 5.32 Å². The summed E-state index contributed by atoms with van der Waals surface area (Å²) >= 11 is 11.9. The van der Waals surface area contributed by atoms with Crippen molar-refractivity contribution in [2.24, 2.45) is 0 Å². The van der Waals surface area contributed by atoms with Crippen LogP contribution in [0.15, 0.2) is 36.4 Å². The average Bonchev–Trinajstić information content (AvgIpc) is 2.41. The molecular formula is C17H17Cl2NO. The van der Waals surface area contributed by atoms with Gasteiger partial charge in [0.15, 0.2) is 5.75 Å². The fourth-order valence-corrected chi connectivity index (χ4v) is 3.22. The van der Waals surface area contributed by atoms with Crippen LogP contribution in [0.3, 0.4) is 0 Å². The molecule has 110 valence electrons. The number of benzene rings is 2. The summed E-state index contributed by atoms with van der Waals surface area (Å²) in [5.41, 5.74) is 3.55. The number of aryl methyl sites for hydroxylation is 1. The van der Waals surface area contributed by atoms with Gasteiger partial charge in [-0.25, -0.2) is 0 Å². The van der Waals surface area contributed by atoms with Gasteiger partial charge in [0, 0.05) is 11.7 Å². The van der Waals surface area contributed by atoms with Gasteiger partial charge in [0.2, 0.25) is 0 Å². The van der Waals surface area contributed by atoms with Crippen molar-refractivity contribution >= 4 is 28.9 Å². The molecule has 0 saturated heterocycles. The van der Waals surface area contributed by atoms with E-state index in [0.29, 0.717) is 12.0 Å². The van der Waals surface area contributed by atoms with Gasteiger partial charge in [-0.3, -0.25) is 0 Å². The van der Waals surface area contributed by atoms with Crippen LogP contribution in [-0.2, 0) is 0 Å². The third-order valence-corrected chi connectivity index (χ3v) is 4.65. The lowest BCUT2D eigenvalue weighted by atomic mass is 9.75. The summed E-state index contributed by atoms with van der Waals surface area (Å²) < 4.78 is 0. The summed E-state index contributed by atoms with van der Waals surface area (Å²) in [6.07, 6.45) is 2.19. The minimum Gasteiger partial charge on any atom is -0.505 e. The minimum atomic E-state index is -0.0602. The SMILES string of the molecule is Cc1ccc(C2CC(Nc3cc(Cl)c(O)c(Cl)c3)C2)cc1. The maximum atomic E-state index is 9.56. The van der Waals surface area contributed by atoms with E-state index in [1.54, 1.807) is 12.1 Å². The van der Waals surface area contributed by atoms with Gasteiger partial charge < -0.3 is 10.4 Å². The standard InChI is InChI=1S/C17H17Cl2NO/c1-10-2-4-11(5-3-10)12-6-13(7-12)20-14-8-15(18)17(21)16(19)9-14/h2-5,8-9,12-13,20-21H,6-7H2,1H3. The molecular weight excluding hydrogens is 305 g/mol. The number of aromatic hydroxyl groups is 1. The molecule has 0 spiro atoms. The predicted octanol–water partition coefficient (Wildman–Crippen LogP) is 5.37. The smallest absolute Gasteiger partial charge is 0.152 e. The molecule has 0 heterocycles. The van der Waals surface area contributed by atoms with Crippen molar-refractivity contribution in [1.29, 1.82) is 0 Å². The topological polar surface area (TPSA) is 32.3 Å². The molecule has 1 saturated carbocycles. The molecule has 0 amide bonds. The number of halogens is 2. The van der Waals surface area contributed by atoms with Crippen molar-refractivity contribution in [3.63, 3.8) is 0 Å². The zero-order chi connectivity index (χ0) is 15.0. The van der Waals surface area contributed by atoms with Crippen LogP contribution < -0.4 is 5.32 Å². The molecule has 2 N–H and O–H groups in total. The lowest BCUT2D eigenvalue weighted by Gasteiger charge is -2.37. The average molecular weight is 322 g/mol. The fraction of sp³-hybridized carbons (Fsp3) is 0.294. The number of nitrogens with one attached hydrogen (secondary N) is 1. The Balaban J connectivity index is 1.61. The highest BCUT2D eigenvalue weighted by atomic mass is 35.5. The summed E-state index contributed by atoms with van der Waals surface area (Å²) in [6.45, 7) is 2.10. The normalized spacial score (nSPS) is 20.9. The van der Waals surface area contributed by atoms with Crippen LogP contribution in [0, 0.1) is 6.92 Å². The van der Waals surface area contributed by atoms with Crippen molar-refractivity contribution in [1.82, 2.24) is 0 Å². The van der Waals surface area contributed by atoms with Crippen LogP contribution in [-0.4, -0.2) is 11.1 Å². The molecule has 0 atom stereocenters. The van der Waals surface area contributed by atoms with E-state index in [1.807, 2.05) is 0 Å². The van der Waals surface area contributed by atoms with Gasteiger partial charge in [-0.2, -0.15) is 0 Å². The van der Waals surface area contributed by atoms with Crippen LogP contribution in [0.4, 0.5) is 5.69 Å². The molecule has 0 bridgehead atoms. The van der Waals surface area contributed by atoms with E-state index in [1.165, 1.54) is 11.1 Å². The van der Waals surface area contributed by atoms with Gasteiger partial charge in [-0.05, 0) is 43.4 Å². The molecule has 0 aromatic heterocycles. The van der Waals surface area contributed by atoms with Crippen molar-refractivity contribution in [3.8, 4) is 5.75 Å². The number of hydrogen-bond donors (Lipinski definition) is 2. The van der Waals surface area contributed by atoms with E-state index in [0.717, 1.165) is 18.5 Å². The zero-order valence-corrected chi connectivity index (χ0v) is 13.2. The van der Waals surface area contributed by atoms with Gasteiger partial charge >= 0.3 is 0 Å². The summed E-state index contributed by atoms with van der Waals surface area (Å²) in [4.78, 5) is 0. The Morgan fingerprint density at radius 3 is 2.19 bits per heavy atom. The largest absolute Gasteiger partial charge is 0.505 e. The van der Waals surface area contributed by atoms with Gasteiger partial charge in [0.1, 0.15) is 0 Å². The van der Waals surface area contributed by atoms with E-state index in [-0.39, 0.29) is 15.8 Å². The van der Waals surface area contributed by atoms with E-state index >= 15 is 0 Å². The van der Waals surface area contributed by atoms with E-state index < -0.39 is 0 Å². The highest BCUT2D eigenvalue weighted by molar-refractivity contribution is 6.37. The number of rotatable bonds is 3. The number of hydrogen-bond acceptors (Lipinski definition) is 2. The van der Waals surface area contributed by atoms with Gasteiger partial charge in [0.25, 0.3) is 0 Å². The minimum absolute atomic E-state index is 0.0602. The summed E-state index contributed by atoms with van der Waals surface area (Å²) in [6, 6.07) is 12.6. The quantitative estimate of drug-likeness (QED) is 0.745. The zero-order valence-electron chi connectivity index (χ0n) is 11.7. The first-order chi connectivity index (χ1) is 10.0. The third kappa shape index (κ3) is 3.12. The van der Waals surface area contributed by atoms with Crippen molar-refractivity contribution in [2.45, 2.75) is 31.7 Å². The van der Waals surface area contributed by atoms with Crippen LogP contribution in [0.1, 0.15) is 29.9 Å². The number of phenols is 1. The molecule has 4 heteroatoms. The van der Waals surface area contributed by atoms with Gasteiger partial charge in [-0.1, -0.05) is 53.0 Å². The summed E-state index contributed by atoms with van der Waals surface area (Å²) in [5.74, 6) is 0.557. The maximum Gasteiger partial charge on any atom is 0.152 e. The molecule has 0 unspecified atom stereocenters. The predicted molar refractivity (Wildman–Crippen MR) is 88.7 cm³/mol. The molecule has 0 aliphatic heterocycles.